The van der Waals surface area contributed by atoms with Gasteiger partial charge in [-0.2, -0.15) is 0 Å². The normalized spacial score (nSPS) is 14.4. The zero-order valence-corrected chi connectivity index (χ0v) is 34.8. The Morgan fingerprint density at radius 2 is 1.06 bits per heavy atom. The molecule has 0 saturated heterocycles. The van der Waals surface area contributed by atoms with Gasteiger partial charge in [-0.3, -0.25) is 13.8 Å². The van der Waals surface area contributed by atoms with Crippen molar-refractivity contribution in [3.05, 3.63) is 97.4 Å². The van der Waals surface area contributed by atoms with Crippen LogP contribution in [0.15, 0.2) is 97.4 Å². The third kappa shape index (κ3) is 40.4. The maximum absolute atomic E-state index is 12.4. The fraction of sp³-hybridized carbons (Fsp3) is 0.622. The molecule has 0 radical (unpaired) electrons. The van der Waals surface area contributed by atoms with Crippen LogP contribution in [0.2, 0.25) is 0 Å². The Labute approximate surface area is 330 Å². The molecule has 0 heterocycles. The minimum atomic E-state index is -4.29. The molecule has 308 valence electrons. The Bertz CT molecular complexity index is 1140. The van der Waals surface area contributed by atoms with Crippen molar-refractivity contribution >= 4 is 13.8 Å². The van der Waals surface area contributed by atoms with Gasteiger partial charge in [-0.05, 0) is 89.5 Å². The van der Waals surface area contributed by atoms with E-state index in [0.717, 1.165) is 64.2 Å². The fourth-order valence-corrected chi connectivity index (χ4v) is 5.76. The van der Waals surface area contributed by atoms with Crippen LogP contribution >= 0.6 is 7.82 Å². The van der Waals surface area contributed by atoms with Gasteiger partial charge in [0.15, 0.2) is 6.10 Å². The summed E-state index contributed by atoms with van der Waals surface area (Å²) < 4.78 is 33.1. The van der Waals surface area contributed by atoms with E-state index in [0.29, 0.717) is 6.42 Å². The highest BCUT2D eigenvalue weighted by molar-refractivity contribution is 7.47. The molecule has 0 amide bonds. The summed E-state index contributed by atoms with van der Waals surface area (Å²) >= 11 is 0. The molecule has 0 aromatic heterocycles. The molecule has 0 aliphatic heterocycles. The highest BCUT2D eigenvalue weighted by atomic mass is 31.2. The average Bonchev–Trinajstić information content (AvgIpc) is 3.16. The maximum Gasteiger partial charge on any atom is 0.472 e. The SMILES string of the molecule is CCC=CCC=CCC=CCC=CCC=CCC=CCCC(=O)OCC(COP(=O)(O)OCCN)OC=CCCCCCCC=CCCCCCCCC. The Hall–Kier alpha value is -2.74. The number of hydrogen-bond donors (Lipinski definition) is 2. The Kier molecular flexibility index (Phi) is 39.3. The number of carbonyl (C=O) groups excluding carboxylic acids is 1. The molecule has 0 bridgehead atoms. The first kappa shape index (κ1) is 51.3. The van der Waals surface area contributed by atoms with Gasteiger partial charge in [-0.1, -0.05) is 144 Å². The molecule has 0 rings (SSSR count). The number of unbranched alkanes of at least 4 members (excludes halogenated alkanes) is 11. The number of hydrogen-bond acceptors (Lipinski definition) is 7. The molecule has 0 aromatic carbocycles. The van der Waals surface area contributed by atoms with Crippen LogP contribution in [0.4, 0.5) is 0 Å². The molecule has 3 N–H and O–H groups in total. The average molecular weight is 774 g/mol. The molecule has 0 aromatic rings. The van der Waals surface area contributed by atoms with Crippen LogP contribution in [0.5, 0.6) is 0 Å². The van der Waals surface area contributed by atoms with E-state index in [9.17, 15) is 14.3 Å². The monoisotopic (exact) mass is 774 g/mol. The zero-order valence-electron chi connectivity index (χ0n) is 33.9. The zero-order chi connectivity index (χ0) is 39.5. The van der Waals surface area contributed by atoms with Gasteiger partial charge in [0.25, 0.3) is 0 Å². The first-order valence-electron chi connectivity index (χ1n) is 20.8. The number of carbonyl (C=O) groups is 1. The van der Waals surface area contributed by atoms with Gasteiger partial charge in [0.05, 0.1) is 19.5 Å². The molecular formula is C45H76NO7P. The summed E-state index contributed by atoms with van der Waals surface area (Å²) in [7, 11) is -4.29. The van der Waals surface area contributed by atoms with Gasteiger partial charge in [0.2, 0.25) is 0 Å². The molecule has 0 saturated carbocycles. The Balaban J connectivity index is 4.27. The lowest BCUT2D eigenvalue weighted by Gasteiger charge is -2.19. The molecule has 54 heavy (non-hydrogen) atoms. The van der Waals surface area contributed by atoms with E-state index >= 15 is 0 Å². The Morgan fingerprint density at radius 1 is 0.593 bits per heavy atom. The number of nitrogens with two attached hydrogens (primary N) is 1. The molecule has 0 spiro atoms. The van der Waals surface area contributed by atoms with Crippen LogP contribution in [-0.4, -0.2) is 43.3 Å². The smallest absolute Gasteiger partial charge is 0.472 e. The first-order chi connectivity index (χ1) is 26.4. The third-order valence-corrected chi connectivity index (χ3v) is 9.07. The summed E-state index contributed by atoms with van der Waals surface area (Å²) in [5.74, 6) is -0.379. The number of allylic oxidation sites excluding steroid dienone is 15. The predicted molar refractivity (Wildman–Crippen MR) is 228 cm³/mol. The summed E-state index contributed by atoms with van der Waals surface area (Å²) in [4.78, 5) is 22.2. The summed E-state index contributed by atoms with van der Waals surface area (Å²) in [6.45, 7) is 3.97. The molecule has 0 fully saturated rings. The van der Waals surface area contributed by atoms with Crippen LogP contribution in [0.25, 0.3) is 0 Å². The van der Waals surface area contributed by atoms with Crippen molar-refractivity contribution in [2.75, 3.05) is 26.4 Å². The van der Waals surface area contributed by atoms with Crippen molar-refractivity contribution < 1.29 is 32.8 Å². The number of esters is 1. The molecular weight excluding hydrogens is 697 g/mol. The van der Waals surface area contributed by atoms with Crippen molar-refractivity contribution in [2.45, 2.75) is 155 Å². The van der Waals surface area contributed by atoms with Crippen LogP contribution in [0, 0.1) is 0 Å². The van der Waals surface area contributed by atoms with E-state index in [1.165, 1.54) is 57.8 Å². The number of phosphoric acid groups is 1. The highest BCUT2D eigenvalue weighted by Crippen LogP contribution is 2.43. The van der Waals surface area contributed by atoms with Crippen molar-refractivity contribution in [3.63, 3.8) is 0 Å². The fourth-order valence-electron chi connectivity index (χ4n) is 5.00. The lowest BCUT2D eigenvalue weighted by atomic mass is 10.1. The van der Waals surface area contributed by atoms with E-state index in [2.05, 4.69) is 86.8 Å². The van der Waals surface area contributed by atoms with Crippen LogP contribution < -0.4 is 5.73 Å². The van der Waals surface area contributed by atoms with Crippen molar-refractivity contribution in [1.82, 2.24) is 0 Å². The summed E-state index contributed by atoms with van der Waals surface area (Å²) in [6.07, 6.45) is 55.4. The van der Waals surface area contributed by atoms with Crippen LogP contribution in [-0.2, 0) is 27.9 Å². The van der Waals surface area contributed by atoms with Crippen molar-refractivity contribution in [3.8, 4) is 0 Å². The van der Waals surface area contributed by atoms with Crippen LogP contribution in [0.3, 0.4) is 0 Å². The van der Waals surface area contributed by atoms with Gasteiger partial charge < -0.3 is 20.1 Å². The number of ether oxygens (including phenoxy) is 2. The first-order valence-corrected chi connectivity index (χ1v) is 22.3. The van der Waals surface area contributed by atoms with E-state index in [1.807, 2.05) is 18.2 Å². The quantitative estimate of drug-likeness (QED) is 0.0209. The maximum atomic E-state index is 12.4. The van der Waals surface area contributed by atoms with E-state index in [-0.39, 0.29) is 38.8 Å². The van der Waals surface area contributed by atoms with Crippen molar-refractivity contribution in [2.24, 2.45) is 5.73 Å². The second-order valence-corrected chi connectivity index (χ2v) is 14.6. The number of phosphoric ester groups is 1. The largest absolute Gasteiger partial charge is 0.492 e. The second kappa shape index (κ2) is 41.4. The lowest BCUT2D eigenvalue weighted by Crippen LogP contribution is -2.25. The molecule has 0 aliphatic carbocycles. The standard InChI is InChI=1S/C45H76NO7P/c1-3-5-7-9-11-13-15-17-19-21-22-23-24-26-28-30-32-34-36-38-45(47)51-42-44(43-53-54(48,49)52-41-39-46)50-40-37-35-33-31-29-27-25-20-18-16-14-12-10-8-6-4-2/h5,7,11,13,17-20,22-23,26,28,32,34,37,40,44H,3-4,6,8-10,12,14-16,21,24-25,27,29-31,33,35-36,38-39,41-43,46H2,1-2H3,(H,48,49). The van der Waals surface area contributed by atoms with Gasteiger partial charge in [-0.25, -0.2) is 4.57 Å². The van der Waals surface area contributed by atoms with Crippen LogP contribution in [0.1, 0.15) is 149 Å². The summed E-state index contributed by atoms with van der Waals surface area (Å²) in [6, 6.07) is 0. The van der Waals surface area contributed by atoms with E-state index in [4.69, 9.17) is 24.3 Å². The third-order valence-electron chi connectivity index (χ3n) is 8.09. The lowest BCUT2D eigenvalue weighted by molar-refractivity contribution is -0.147. The molecule has 2 atom stereocenters. The molecule has 0 aliphatic rings. The van der Waals surface area contributed by atoms with Gasteiger partial charge >= 0.3 is 13.8 Å². The molecule has 8 nitrogen and oxygen atoms in total. The number of rotatable bonds is 38. The van der Waals surface area contributed by atoms with E-state index < -0.39 is 13.9 Å². The topological polar surface area (TPSA) is 117 Å². The van der Waals surface area contributed by atoms with Gasteiger partial charge in [0.1, 0.15) is 6.61 Å². The molecule has 2 unspecified atom stereocenters. The highest BCUT2D eigenvalue weighted by Gasteiger charge is 2.24. The van der Waals surface area contributed by atoms with Gasteiger partial charge in [0, 0.05) is 13.0 Å². The van der Waals surface area contributed by atoms with Crippen molar-refractivity contribution in [1.29, 1.82) is 0 Å². The minimum absolute atomic E-state index is 0.0842. The molecule has 9 heteroatoms. The second-order valence-electron chi connectivity index (χ2n) is 13.2. The Morgan fingerprint density at radius 3 is 1.57 bits per heavy atom. The minimum Gasteiger partial charge on any atom is -0.492 e. The summed E-state index contributed by atoms with van der Waals surface area (Å²) in [5, 5.41) is 0. The van der Waals surface area contributed by atoms with E-state index in [1.54, 1.807) is 6.26 Å². The summed E-state index contributed by atoms with van der Waals surface area (Å²) in [5.41, 5.74) is 5.35. The predicted octanol–water partition coefficient (Wildman–Crippen LogP) is 12.6. The van der Waals surface area contributed by atoms with Gasteiger partial charge in [-0.15, -0.1) is 0 Å².